The molecule has 0 radical (unpaired) electrons. The molecule has 70 valence electrons. The van der Waals surface area contributed by atoms with Crippen molar-refractivity contribution in [2.24, 2.45) is 5.73 Å². The summed E-state index contributed by atoms with van der Waals surface area (Å²) in [5.41, 5.74) is 5.34. The van der Waals surface area contributed by atoms with Gasteiger partial charge in [0.25, 0.3) is 0 Å². The number of nitrogens with one attached hydrogen (secondary N) is 1. The van der Waals surface area contributed by atoms with Gasteiger partial charge in [-0.3, -0.25) is 4.79 Å². The monoisotopic (exact) mass is 170 g/mol. The first kappa shape index (κ1) is 11.3. The highest BCUT2D eigenvalue weighted by Gasteiger charge is 2.11. The first-order chi connectivity index (χ1) is 5.76. The predicted octanol–water partition coefficient (Wildman–Crippen LogP) is 0.459. The van der Waals surface area contributed by atoms with E-state index in [1.807, 2.05) is 0 Å². The van der Waals surface area contributed by atoms with Crippen LogP contribution < -0.4 is 11.1 Å². The Morgan fingerprint density at radius 3 is 2.75 bits per heavy atom. The summed E-state index contributed by atoms with van der Waals surface area (Å²) >= 11 is 0. The Morgan fingerprint density at radius 1 is 1.67 bits per heavy atom. The van der Waals surface area contributed by atoms with Gasteiger partial charge in [0.1, 0.15) is 0 Å². The molecule has 1 atom stereocenters. The third-order valence-corrected chi connectivity index (χ3v) is 1.84. The highest BCUT2D eigenvalue weighted by atomic mass is 16.1. The topological polar surface area (TPSA) is 55.1 Å². The second-order valence-corrected chi connectivity index (χ2v) is 2.73. The molecule has 12 heavy (non-hydrogen) atoms. The lowest BCUT2D eigenvalue weighted by Crippen LogP contribution is -2.32. The summed E-state index contributed by atoms with van der Waals surface area (Å²) in [7, 11) is 1.79. The van der Waals surface area contributed by atoms with Crippen LogP contribution in [0.4, 0.5) is 0 Å². The van der Waals surface area contributed by atoms with Gasteiger partial charge in [0.15, 0.2) is 5.78 Å². The molecule has 0 saturated heterocycles. The smallest absolute Gasteiger partial charge is 0.171 e. The van der Waals surface area contributed by atoms with Crippen molar-refractivity contribution in [3.63, 3.8) is 0 Å². The van der Waals surface area contributed by atoms with Crippen molar-refractivity contribution in [2.45, 2.75) is 25.3 Å². The zero-order chi connectivity index (χ0) is 9.40. The van der Waals surface area contributed by atoms with Crippen LogP contribution in [0.25, 0.3) is 0 Å². The molecular formula is C9H18N2O. The van der Waals surface area contributed by atoms with Crippen molar-refractivity contribution >= 4 is 5.78 Å². The minimum atomic E-state index is -0.0750. The lowest BCUT2D eigenvalue weighted by molar-refractivity contribution is -0.116. The van der Waals surface area contributed by atoms with E-state index in [0.717, 1.165) is 19.3 Å². The van der Waals surface area contributed by atoms with Gasteiger partial charge in [0.05, 0.1) is 6.04 Å². The van der Waals surface area contributed by atoms with E-state index >= 15 is 0 Å². The molecule has 0 aliphatic carbocycles. The highest BCUT2D eigenvalue weighted by molar-refractivity contribution is 5.93. The zero-order valence-electron chi connectivity index (χ0n) is 7.68. The van der Waals surface area contributed by atoms with Crippen LogP contribution in [0.1, 0.15) is 19.3 Å². The lowest BCUT2D eigenvalue weighted by atomic mass is 10.1. The highest BCUT2D eigenvalue weighted by Crippen LogP contribution is 2.01. The average molecular weight is 170 g/mol. The van der Waals surface area contributed by atoms with Gasteiger partial charge in [-0.2, -0.15) is 0 Å². The SMILES string of the molecule is C=CC(=O)[C@H](CCCCN)NC. The summed E-state index contributed by atoms with van der Waals surface area (Å²) < 4.78 is 0. The van der Waals surface area contributed by atoms with E-state index in [4.69, 9.17) is 5.73 Å². The van der Waals surface area contributed by atoms with Crippen LogP contribution in [-0.4, -0.2) is 25.4 Å². The molecule has 0 heterocycles. The quantitative estimate of drug-likeness (QED) is 0.431. The molecule has 3 nitrogen and oxygen atoms in total. The van der Waals surface area contributed by atoms with Gasteiger partial charge in [-0.05, 0) is 32.5 Å². The van der Waals surface area contributed by atoms with Gasteiger partial charge in [-0.25, -0.2) is 0 Å². The third-order valence-electron chi connectivity index (χ3n) is 1.84. The van der Waals surface area contributed by atoms with Crippen LogP contribution in [0.15, 0.2) is 12.7 Å². The number of carbonyl (C=O) groups is 1. The summed E-state index contributed by atoms with van der Waals surface area (Å²) in [6.45, 7) is 4.14. The van der Waals surface area contributed by atoms with E-state index in [1.54, 1.807) is 7.05 Å². The Bertz CT molecular complexity index is 145. The summed E-state index contributed by atoms with van der Waals surface area (Å²) in [5.74, 6) is 0.0644. The van der Waals surface area contributed by atoms with E-state index in [0.29, 0.717) is 6.54 Å². The van der Waals surface area contributed by atoms with Crippen LogP contribution >= 0.6 is 0 Å². The summed E-state index contributed by atoms with van der Waals surface area (Å²) in [6.07, 6.45) is 4.17. The van der Waals surface area contributed by atoms with Crippen molar-refractivity contribution in [3.8, 4) is 0 Å². The van der Waals surface area contributed by atoms with E-state index < -0.39 is 0 Å². The average Bonchev–Trinajstić information content (AvgIpc) is 2.11. The van der Waals surface area contributed by atoms with Crippen LogP contribution in [0.5, 0.6) is 0 Å². The first-order valence-corrected chi connectivity index (χ1v) is 4.29. The van der Waals surface area contributed by atoms with Crippen LogP contribution in [0.2, 0.25) is 0 Å². The fourth-order valence-electron chi connectivity index (χ4n) is 1.06. The molecular weight excluding hydrogens is 152 g/mol. The second kappa shape index (κ2) is 7.00. The molecule has 0 bridgehead atoms. The summed E-state index contributed by atoms with van der Waals surface area (Å²) in [4.78, 5) is 11.1. The molecule has 0 amide bonds. The number of likely N-dealkylation sites (N-methyl/N-ethyl adjacent to an activating group) is 1. The van der Waals surface area contributed by atoms with Crippen LogP contribution in [0, 0.1) is 0 Å². The van der Waals surface area contributed by atoms with Gasteiger partial charge in [0.2, 0.25) is 0 Å². The molecule has 0 fully saturated rings. The number of hydrogen-bond donors (Lipinski definition) is 2. The normalized spacial score (nSPS) is 12.5. The Kier molecular flexibility index (Phi) is 6.61. The molecule has 3 heteroatoms. The number of nitrogens with two attached hydrogens (primary N) is 1. The van der Waals surface area contributed by atoms with E-state index in [2.05, 4.69) is 11.9 Å². The molecule has 0 aromatic carbocycles. The molecule has 0 aliphatic heterocycles. The van der Waals surface area contributed by atoms with E-state index in [9.17, 15) is 4.79 Å². The van der Waals surface area contributed by atoms with Gasteiger partial charge in [0, 0.05) is 0 Å². The van der Waals surface area contributed by atoms with Crippen molar-refractivity contribution in [2.75, 3.05) is 13.6 Å². The fourth-order valence-corrected chi connectivity index (χ4v) is 1.06. The maximum atomic E-state index is 11.1. The first-order valence-electron chi connectivity index (χ1n) is 4.29. The van der Waals surface area contributed by atoms with Gasteiger partial charge < -0.3 is 11.1 Å². The molecule has 0 aromatic heterocycles. The van der Waals surface area contributed by atoms with E-state index in [1.165, 1.54) is 6.08 Å². The maximum absolute atomic E-state index is 11.1. The van der Waals surface area contributed by atoms with Crippen LogP contribution in [-0.2, 0) is 4.79 Å². The van der Waals surface area contributed by atoms with Crippen molar-refractivity contribution in [1.29, 1.82) is 0 Å². The molecule has 0 saturated carbocycles. The number of carbonyl (C=O) groups excluding carboxylic acids is 1. The molecule has 0 spiro atoms. The summed E-state index contributed by atoms with van der Waals surface area (Å²) in [6, 6.07) is -0.0750. The molecule has 3 N–H and O–H groups in total. The van der Waals surface area contributed by atoms with E-state index in [-0.39, 0.29) is 11.8 Å². The number of unbranched alkanes of at least 4 members (excludes halogenated alkanes) is 1. The van der Waals surface area contributed by atoms with Crippen molar-refractivity contribution in [3.05, 3.63) is 12.7 Å². The molecule has 0 aliphatic rings. The predicted molar refractivity (Wildman–Crippen MR) is 51.0 cm³/mol. The zero-order valence-corrected chi connectivity index (χ0v) is 7.68. The number of rotatable bonds is 7. The minimum Gasteiger partial charge on any atom is -0.330 e. The standard InChI is InChI=1S/C9H18N2O/c1-3-9(12)8(11-2)6-4-5-7-10/h3,8,11H,1,4-7,10H2,2H3/t8-/m0/s1. The Balaban J connectivity index is 3.67. The van der Waals surface area contributed by atoms with Gasteiger partial charge in [-0.1, -0.05) is 13.0 Å². The van der Waals surface area contributed by atoms with Gasteiger partial charge >= 0.3 is 0 Å². The largest absolute Gasteiger partial charge is 0.330 e. The Labute approximate surface area is 74.0 Å². The Morgan fingerprint density at radius 2 is 2.33 bits per heavy atom. The van der Waals surface area contributed by atoms with Gasteiger partial charge in [-0.15, -0.1) is 0 Å². The fraction of sp³-hybridized carbons (Fsp3) is 0.667. The molecule has 0 rings (SSSR count). The van der Waals surface area contributed by atoms with Crippen molar-refractivity contribution < 1.29 is 4.79 Å². The van der Waals surface area contributed by atoms with Crippen LogP contribution in [0.3, 0.4) is 0 Å². The Hall–Kier alpha value is -0.670. The molecule has 0 aromatic rings. The number of hydrogen-bond acceptors (Lipinski definition) is 3. The molecule has 0 unspecified atom stereocenters. The third kappa shape index (κ3) is 4.26. The number of ketones is 1. The van der Waals surface area contributed by atoms with Crippen molar-refractivity contribution in [1.82, 2.24) is 5.32 Å². The minimum absolute atomic E-state index is 0.0644. The maximum Gasteiger partial charge on any atom is 0.171 e. The second-order valence-electron chi connectivity index (χ2n) is 2.73. The lowest BCUT2D eigenvalue weighted by Gasteiger charge is -2.11. The summed E-state index contributed by atoms with van der Waals surface area (Å²) in [5, 5.41) is 2.95.